The van der Waals surface area contributed by atoms with Crippen molar-refractivity contribution < 1.29 is 4.79 Å². The summed E-state index contributed by atoms with van der Waals surface area (Å²) in [7, 11) is 0. The normalized spacial score (nSPS) is 18.2. The van der Waals surface area contributed by atoms with Gasteiger partial charge in [0.2, 0.25) is 0 Å². The minimum Gasteiger partial charge on any atom is -0.333 e. The number of carbonyl (C=O) groups is 1. The number of imidazole rings is 1. The van der Waals surface area contributed by atoms with Crippen LogP contribution in [0.15, 0.2) is 30.7 Å². The van der Waals surface area contributed by atoms with Crippen LogP contribution in [-0.2, 0) is 6.54 Å². The van der Waals surface area contributed by atoms with E-state index in [1.54, 1.807) is 24.5 Å². The molecule has 2 aromatic heterocycles. The van der Waals surface area contributed by atoms with Gasteiger partial charge in [0.1, 0.15) is 5.82 Å². The Morgan fingerprint density at radius 1 is 1.41 bits per heavy atom. The highest BCUT2D eigenvalue weighted by Gasteiger charge is 2.30. The molecule has 2 aromatic rings. The standard InChI is InChI=1S/C15H20N6O/c1-2-20-11-9-16-14(20)12-6-3-4-10-21(12)15(22)18-13-7-5-8-17-19-13/h5,7-9,11-12H,2-4,6,10H2,1H3,(H,18,19,22)/t12-/m0/s1. The number of urea groups is 1. The molecular weight excluding hydrogens is 280 g/mol. The number of likely N-dealkylation sites (tertiary alicyclic amines) is 1. The Morgan fingerprint density at radius 3 is 3.09 bits per heavy atom. The molecule has 0 aliphatic carbocycles. The van der Waals surface area contributed by atoms with Crippen molar-refractivity contribution in [3.05, 3.63) is 36.5 Å². The predicted octanol–water partition coefficient (Wildman–Crippen LogP) is 2.45. The van der Waals surface area contributed by atoms with Crippen molar-refractivity contribution in [2.24, 2.45) is 0 Å². The number of rotatable bonds is 3. The van der Waals surface area contributed by atoms with Gasteiger partial charge < -0.3 is 9.47 Å². The number of nitrogens with zero attached hydrogens (tertiary/aromatic N) is 5. The smallest absolute Gasteiger partial charge is 0.323 e. The number of hydrogen-bond acceptors (Lipinski definition) is 4. The Morgan fingerprint density at radius 2 is 2.32 bits per heavy atom. The van der Waals surface area contributed by atoms with E-state index in [2.05, 4.69) is 32.0 Å². The average molecular weight is 300 g/mol. The average Bonchev–Trinajstić information content (AvgIpc) is 3.04. The van der Waals surface area contributed by atoms with Gasteiger partial charge >= 0.3 is 6.03 Å². The summed E-state index contributed by atoms with van der Waals surface area (Å²) >= 11 is 0. The summed E-state index contributed by atoms with van der Waals surface area (Å²) in [4.78, 5) is 18.9. The van der Waals surface area contributed by atoms with Crippen molar-refractivity contribution in [3.63, 3.8) is 0 Å². The molecule has 0 unspecified atom stereocenters. The first-order valence-electron chi connectivity index (χ1n) is 7.66. The summed E-state index contributed by atoms with van der Waals surface area (Å²) in [5.41, 5.74) is 0. The fourth-order valence-corrected chi connectivity index (χ4v) is 2.88. The van der Waals surface area contributed by atoms with Crippen molar-refractivity contribution in [1.29, 1.82) is 0 Å². The number of nitrogens with one attached hydrogen (secondary N) is 1. The van der Waals surface area contributed by atoms with Crippen molar-refractivity contribution in [2.45, 2.75) is 38.8 Å². The minimum atomic E-state index is -0.143. The van der Waals surface area contributed by atoms with Gasteiger partial charge in [-0.1, -0.05) is 0 Å². The van der Waals surface area contributed by atoms with Gasteiger partial charge in [0, 0.05) is 31.7 Å². The zero-order valence-corrected chi connectivity index (χ0v) is 12.6. The van der Waals surface area contributed by atoms with Crippen LogP contribution >= 0.6 is 0 Å². The number of piperidine rings is 1. The van der Waals surface area contributed by atoms with Crippen LogP contribution in [0.5, 0.6) is 0 Å². The Labute approximate surface area is 129 Å². The van der Waals surface area contributed by atoms with Crippen LogP contribution in [0.25, 0.3) is 0 Å². The summed E-state index contributed by atoms with van der Waals surface area (Å²) in [5, 5.41) is 10.5. The van der Waals surface area contributed by atoms with Crippen LogP contribution in [0.4, 0.5) is 10.6 Å². The lowest BCUT2D eigenvalue weighted by Crippen LogP contribution is -2.42. The van der Waals surface area contributed by atoms with Crippen molar-refractivity contribution in [2.75, 3.05) is 11.9 Å². The van der Waals surface area contributed by atoms with Crippen LogP contribution in [0.3, 0.4) is 0 Å². The fraction of sp³-hybridized carbons (Fsp3) is 0.467. The van der Waals surface area contributed by atoms with E-state index in [9.17, 15) is 4.79 Å². The minimum absolute atomic E-state index is 0.0142. The van der Waals surface area contributed by atoms with Crippen molar-refractivity contribution in [1.82, 2.24) is 24.6 Å². The molecule has 7 nitrogen and oxygen atoms in total. The number of carbonyl (C=O) groups excluding carboxylic acids is 1. The quantitative estimate of drug-likeness (QED) is 0.944. The highest BCUT2D eigenvalue weighted by molar-refractivity contribution is 5.88. The second kappa shape index (κ2) is 6.55. The Bertz CT molecular complexity index is 626. The van der Waals surface area contributed by atoms with Gasteiger partial charge in [-0.25, -0.2) is 9.78 Å². The van der Waals surface area contributed by atoms with Crippen LogP contribution in [-0.4, -0.2) is 37.2 Å². The molecule has 116 valence electrons. The molecule has 1 aliphatic rings. The van der Waals surface area contributed by atoms with E-state index in [1.165, 1.54) is 0 Å². The van der Waals surface area contributed by atoms with Crippen LogP contribution in [0.2, 0.25) is 0 Å². The first-order chi connectivity index (χ1) is 10.8. The molecule has 1 saturated heterocycles. The number of aryl methyl sites for hydroxylation is 1. The predicted molar refractivity (Wildman–Crippen MR) is 82.2 cm³/mol. The Balaban J connectivity index is 1.79. The van der Waals surface area contributed by atoms with Gasteiger partial charge in [-0.05, 0) is 38.3 Å². The van der Waals surface area contributed by atoms with Crippen LogP contribution in [0.1, 0.15) is 38.1 Å². The van der Waals surface area contributed by atoms with E-state index in [0.29, 0.717) is 5.82 Å². The van der Waals surface area contributed by atoms with Crippen molar-refractivity contribution in [3.8, 4) is 0 Å². The van der Waals surface area contributed by atoms with E-state index in [1.807, 2.05) is 11.1 Å². The number of aromatic nitrogens is 4. The van der Waals surface area contributed by atoms with E-state index in [-0.39, 0.29) is 12.1 Å². The van der Waals surface area contributed by atoms with Gasteiger partial charge in [0.15, 0.2) is 5.82 Å². The maximum absolute atomic E-state index is 12.6. The van der Waals surface area contributed by atoms with E-state index >= 15 is 0 Å². The van der Waals surface area contributed by atoms with E-state index < -0.39 is 0 Å². The molecule has 3 rings (SSSR count). The number of anilines is 1. The molecule has 1 atom stereocenters. The first-order valence-corrected chi connectivity index (χ1v) is 7.66. The molecule has 1 aliphatic heterocycles. The number of hydrogen-bond donors (Lipinski definition) is 1. The van der Waals surface area contributed by atoms with Crippen molar-refractivity contribution >= 4 is 11.8 Å². The van der Waals surface area contributed by atoms with Gasteiger partial charge in [-0.3, -0.25) is 5.32 Å². The fourth-order valence-electron chi connectivity index (χ4n) is 2.88. The molecule has 0 spiro atoms. The molecular formula is C15H20N6O. The van der Waals surface area contributed by atoms with E-state index in [4.69, 9.17) is 0 Å². The summed E-state index contributed by atoms with van der Waals surface area (Å²) < 4.78 is 2.10. The summed E-state index contributed by atoms with van der Waals surface area (Å²) in [6.45, 7) is 3.66. The highest BCUT2D eigenvalue weighted by Crippen LogP contribution is 2.30. The molecule has 3 heterocycles. The second-order valence-corrected chi connectivity index (χ2v) is 5.32. The summed E-state index contributed by atoms with van der Waals surface area (Å²) in [6.07, 6.45) is 8.39. The largest absolute Gasteiger partial charge is 0.333 e. The maximum Gasteiger partial charge on any atom is 0.323 e. The molecule has 0 aromatic carbocycles. The van der Waals surface area contributed by atoms with Gasteiger partial charge in [-0.2, -0.15) is 5.10 Å². The third-order valence-corrected chi connectivity index (χ3v) is 3.96. The highest BCUT2D eigenvalue weighted by atomic mass is 16.2. The summed E-state index contributed by atoms with van der Waals surface area (Å²) in [6, 6.07) is 3.35. The van der Waals surface area contributed by atoms with Gasteiger partial charge in [0.25, 0.3) is 0 Å². The lowest BCUT2D eigenvalue weighted by atomic mass is 10.0. The molecule has 1 fully saturated rings. The number of amides is 2. The summed E-state index contributed by atoms with van der Waals surface area (Å²) in [5.74, 6) is 1.42. The lowest BCUT2D eigenvalue weighted by molar-refractivity contribution is 0.157. The van der Waals surface area contributed by atoms with Crippen LogP contribution in [0, 0.1) is 0 Å². The maximum atomic E-state index is 12.6. The third kappa shape index (κ3) is 2.93. The zero-order chi connectivity index (χ0) is 15.4. The Hall–Kier alpha value is -2.44. The monoisotopic (exact) mass is 300 g/mol. The zero-order valence-electron chi connectivity index (χ0n) is 12.6. The SMILES string of the molecule is CCn1ccnc1[C@@H]1CCCCN1C(=O)Nc1cccnn1. The van der Waals surface area contributed by atoms with Crippen LogP contribution < -0.4 is 5.32 Å². The first kappa shape index (κ1) is 14.5. The Kier molecular flexibility index (Phi) is 4.32. The second-order valence-electron chi connectivity index (χ2n) is 5.32. The van der Waals surface area contributed by atoms with E-state index in [0.717, 1.165) is 38.2 Å². The third-order valence-electron chi connectivity index (χ3n) is 3.96. The van der Waals surface area contributed by atoms with Gasteiger partial charge in [-0.15, -0.1) is 5.10 Å². The molecule has 22 heavy (non-hydrogen) atoms. The molecule has 0 radical (unpaired) electrons. The molecule has 1 N–H and O–H groups in total. The molecule has 2 amide bonds. The topological polar surface area (TPSA) is 75.9 Å². The lowest BCUT2D eigenvalue weighted by Gasteiger charge is -2.35. The molecule has 0 bridgehead atoms. The molecule has 0 saturated carbocycles. The molecule has 7 heteroatoms. The van der Waals surface area contributed by atoms with Gasteiger partial charge in [0.05, 0.1) is 6.04 Å².